The minimum absolute atomic E-state index is 0.0284. The zero-order valence-electron chi connectivity index (χ0n) is 30.9. The third kappa shape index (κ3) is 15.0. The monoisotopic (exact) mass is 738 g/mol. The molecular formula is C36H46N14O4. The van der Waals surface area contributed by atoms with Gasteiger partial charge < -0.3 is 31.6 Å². The molecule has 3 rings (SSSR count). The number of amides is 2. The summed E-state index contributed by atoms with van der Waals surface area (Å²) in [7, 11) is 0. The second-order valence-corrected chi connectivity index (χ2v) is 12.6. The molecule has 2 aromatic carbocycles. The fourth-order valence-electron chi connectivity index (χ4n) is 4.36. The molecule has 0 spiro atoms. The van der Waals surface area contributed by atoms with E-state index in [4.69, 9.17) is 20.9 Å². The lowest BCUT2D eigenvalue weighted by Gasteiger charge is -2.19. The van der Waals surface area contributed by atoms with Crippen molar-refractivity contribution in [3.8, 4) is 35.0 Å². The molecule has 0 aliphatic heterocycles. The quantitative estimate of drug-likeness (QED) is 0.0403. The van der Waals surface area contributed by atoms with Crippen molar-refractivity contribution >= 4 is 23.5 Å². The summed E-state index contributed by atoms with van der Waals surface area (Å²) in [6, 6.07) is 18.4. The highest BCUT2D eigenvalue weighted by molar-refractivity contribution is 5.97. The number of amidine groups is 2. The first kappa shape index (κ1) is 41.9. The summed E-state index contributed by atoms with van der Waals surface area (Å²) >= 11 is 0. The Morgan fingerprint density at radius 1 is 0.759 bits per heavy atom. The second kappa shape index (κ2) is 21.1. The largest absolute Gasteiger partial charge is 0.494 e. The van der Waals surface area contributed by atoms with Crippen molar-refractivity contribution in [1.29, 1.82) is 10.5 Å². The number of aromatic nitrogens is 4. The average molecular weight is 739 g/mol. The molecule has 1 heterocycles. The molecule has 0 saturated carbocycles. The van der Waals surface area contributed by atoms with E-state index in [2.05, 4.69) is 63.6 Å². The highest BCUT2D eigenvalue weighted by atomic mass is 16.5. The molecule has 0 radical (unpaired) electrons. The topological polar surface area (TPSA) is 277 Å². The molecule has 0 bridgehead atoms. The number of carbonyl (C=O) groups is 2. The van der Waals surface area contributed by atoms with Gasteiger partial charge in [-0.2, -0.15) is 20.8 Å². The van der Waals surface area contributed by atoms with Gasteiger partial charge in [0.2, 0.25) is 17.6 Å². The zero-order valence-corrected chi connectivity index (χ0v) is 30.9. The number of nitrogens with one attached hydrogen (secondary N) is 2. The Morgan fingerprint density at radius 2 is 1.22 bits per heavy atom. The van der Waals surface area contributed by atoms with Gasteiger partial charge >= 0.3 is 0 Å². The third-order valence-electron chi connectivity index (χ3n) is 7.63. The standard InChI is InChI=1S/C36H46N14O4/c1-25(39)43-46-33(40)27-7-11-29(12-8-27)53-21-5-19-41-31(51)15-17-35(3,23-37)49-50-36(4,24-38)18-16-32(52)42-20-6-22-54-30-13-9-28(10-14-30)34-47-44-26(2)45-48-34/h7-14H,5-6,15-22H2,1-4H3,(H2,39,43)(H2,40,46)(H,41,51)(H,42,52). The van der Waals surface area contributed by atoms with Crippen LogP contribution in [0.3, 0.4) is 0 Å². The van der Waals surface area contributed by atoms with E-state index in [1.54, 1.807) is 64.1 Å². The average Bonchev–Trinajstić information content (AvgIpc) is 3.18. The van der Waals surface area contributed by atoms with Crippen molar-refractivity contribution in [3.63, 3.8) is 0 Å². The van der Waals surface area contributed by atoms with E-state index in [9.17, 15) is 20.1 Å². The fourth-order valence-corrected chi connectivity index (χ4v) is 4.36. The predicted molar refractivity (Wildman–Crippen MR) is 200 cm³/mol. The Morgan fingerprint density at radius 3 is 1.67 bits per heavy atom. The van der Waals surface area contributed by atoms with Gasteiger partial charge in [0.1, 0.15) is 17.3 Å². The minimum Gasteiger partial charge on any atom is -0.494 e. The van der Waals surface area contributed by atoms with E-state index in [1.165, 1.54) is 0 Å². The summed E-state index contributed by atoms with van der Waals surface area (Å²) < 4.78 is 11.4. The SMILES string of the molecule is C/C(N)=N/N=C(\N)c1ccc(OCCCNC(=O)CCC(C)(C#N)N=NC(C)(C#N)CCC(=O)NCCCOc2ccc(-c3nnc(C)nn3)cc2)cc1. The molecule has 3 aromatic rings. The van der Waals surface area contributed by atoms with Gasteiger partial charge in [-0.05, 0) is 102 Å². The van der Waals surface area contributed by atoms with Crippen LogP contribution in [0.5, 0.6) is 11.5 Å². The summed E-state index contributed by atoms with van der Waals surface area (Å²) in [5, 5.41) is 56.9. The Bertz CT molecular complexity index is 1850. The number of rotatable bonds is 21. The number of hydrogen-bond donors (Lipinski definition) is 4. The maximum Gasteiger partial charge on any atom is 0.220 e. The molecule has 18 heteroatoms. The first-order valence-corrected chi connectivity index (χ1v) is 17.3. The molecule has 2 atom stereocenters. The van der Waals surface area contributed by atoms with E-state index >= 15 is 0 Å². The van der Waals surface area contributed by atoms with Crippen LogP contribution in [0.2, 0.25) is 0 Å². The van der Waals surface area contributed by atoms with Crippen LogP contribution >= 0.6 is 0 Å². The maximum atomic E-state index is 12.5. The molecule has 54 heavy (non-hydrogen) atoms. The van der Waals surface area contributed by atoms with Crippen LogP contribution in [0.1, 0.15) is 70.7 Å². The number of benzene rings is 2. The highest BCUT2D eigenvalue weighted by Gasteiger charge is 2.29. The van der Waals surface area contributed by atoms with E-state index in [-0.39, 0.29) is 43.3 Å². The summed E-state index contributed by atoms with van der Waals surface area (Å²) in [6.45, 7) is 7.90. The van der Waals surface area contributed by atoms with Gasteiger partial charge in [-0.3, -0.25) is 9.59 Å². The highest BCUT2D eigenvalue weighted by Crippen LogP contribution is 2.24. The molecule has 284 valence electrons. The van der Waals surface area contributed by atoms with Crippen LogP contribution in [0.25, 0.3) is 11.4 Å². The number of nitrogens with zero attached hydrogens (tertiary/aromatic N) is 10. The minimum atomic E-state index is -1.33. The van der Waals surface area contributed by atoms with Gasteiger partial charge in [0, 0.05) is 37.1 Å². The Kier molecular flexibility index (Phi) is 16.3. The molecule has 1 aromatic heterocycles. The number of hydrogen-bond acceptors (Lipinski definition) is 14. The normalized spacial score (nSPS) is 13.9. The van der Waals surface area contributed by atoms with Crippen LogP contribution in [0.4, 0.5) is 0 Å². The number of aryl methyl sites for hydroxylation is 1. The van der Waals surface area contributed by atoms with Crippen LogP contribution in [-0.4, -0.2) is 81.3 Å². The van der Waals surface area contributed by atoms with Crippen LogP contribution in [-0.2, 0) is 9.59 Å². The lowest BCUT2D eigenvalue weighted by atomic mass is 9.97. The summed E-state index contributed by atoms with van der Waals surface area (Å²) in [6.07, 6.45) is 1.36. The fraction of sp³-hybridized carbons (Fsp3) is 0.444. The Labute approximate surface area is 314 Å². The first-order valence-electron chi connectivity index (χ1n) is 17.3. The molecule has 2 unspecified atom stereocenters. The lowest BCUT2D eigenvalue weighted by molar-refractivity contribution is -0.122. The lowest BCUT2D eigenvalue weighted by Crippen LogP contribution is -2.30. The van der Waals surface area contributed by atoms with Crippen molar-refractivity contribution < 1.29 is 19.1 Å². The molecule has 6 N–H and O–H groups in total. The van der Waals surface area contributed by atoms with Gasteiger partial charge in [0.25, 0.3) is 0 Å². The van der Waals surface area contributed by atoms with Gasteiger partial charge in [-0.15, -0.1) is 30.6 Å². The molecule has 0 saturated heterocycles. The van der Waals surface area contributed by atoms with E-state index < -0.39 is 11.1 Å². The molecule has 2 amide bonds. The summed E-state index contributed by atoms with van der Waals surface area (Å²) in [5.74, 6) is 2.21. The number of nitrogens with two attached hydrogens (primary N) is 2. The van der Waals surface area contributed by atoms with Gasteiger partial charge in [-0.25, -0.2) is 0 Å². The van der Waals surface area contributed by atoms with Crippen LogP contribution in [0.15, 0.2) is 69.0 Å². The van der Waals surface area contributed by atoms with Gasteiger partial charge in [-0.1, -0.05) is 0 Å². The Hall–Kier alpha value is -6.56. The number of carbonyl (C=O) groups excluding carboxylic acids is 2. The van der Waals surface area contributed by atoms with Crippen LogP contribution < -0.4 is 31.6 Å². The number of nitriles is 2. The smallest absolute Gasteiger partial charge is 0.220 e. The predicted octanol–water partition coefficient (Wildman–Crippen LogP) is 3.29. The van der Waals surface area contributed by atoms with E-state index in [0.29, 0.717) is 73.7 Å². The van der Waals surface area contributed by atoms with Crippen molar-refractivity contribution in [1.82, 2.24) is 31.0 Å². The van der Waals surface area contributed by atoms with E-state index in [0.717, 1.165) is 5.56 Å². The van der Waals surface area contributed by atoms with Crippen molar-refractivity contribution in [2.24, 2.45) is 31.9 Å². The molecular weight excluding hydrogens is 692 g/mol. The third-order valence-corrected chi connectivity index (χ3v) is 7.63. The number of ether oxygens (including phenoxy) is 2. The number of azo groups is 1. The van der Waals surface area contributed by atoms with Crippen molar-refractivity contribution in [2.45, 2.75) is 77.3 Å². The van der Waals surface area contributed by atoms with Gasteiger partial charge in [0.05, 0.1) is 25.4 Å². The second-order valence-electron chi connectivity index (χ2n) is 12.6. The summed E-state index contributed by atoms with van der Waals surface area (Å²) in [4.78, 5) is 24.9. The zero-order chi connectivity index (χ0) is 39.4. The van der Waals surface area contributed by atoms with Crippen molar-refractivity contribution in [2.75, 3.05) is 26.3 Å². The molecule has 0 aliphatic carbocycles. The molecule has 0 aliphatic rings. The van der Waals surface area contributed by atoms with E-state index in [1.807, 2.05) is 12.1 Å². The molecule has 0 fully saturated rings. The summed E-state index contributed by atoms with van der Waals surface area (Å²) in [5.41, 5.74) is 10.1. The van der Waals surface area contributed by atoms with Crippen LogP contribution in [0, 0.1) is 29.6 Å². The van der Waals surface area contributed by atoms with Gasteiger partial charge in [0.15, 0.2) is 22.7 Å². The molecule has 18 nitrogen and oxygen atoms in total. The van der Waals surface area contributed by atoms with Crippen molar-refractivity contribution in [3.05, 3.63) is 59.9 Å². The Balaban J connectivity index is 1.31. The maximum absolute atomic E-state index is 12.5. The first-order chi connectivity index (χ1) is 25.8.